The summed E-state index contributed by atoms with van der Waals surface area (Å²) in [7, 11) is 1.66. The third kappa shape index (κ3) is 4.85. The first-order valence-corrected chi connectivity index (χ1v) is 7.19. The maximum Gasteiger partial charge on any atom is 0.416 e. The van der Waals surface area contributed by atoms with E-state index in [1.165, 1.54) is 18.3 Å². The van der Waals surface area contributed by atoms with E-state index < -0.39 is 17.6 Å². The van der Waals surface area contributed by atoms with Gasteiger partial charge in [-0.15, -0.1) is 0 Å². The average Bonchev–Trinajstić information content (AvgIpc) is 2.59. The lowest BCUT2D eigenvalue weighted by atomic mass is 10.2. The molecule has 4 nitrogen and oxygen atoms in total. The Morgan fingerprint density at radius 3 is 2.44 bits per heavy atom. The molecule has 0 heterocycles. The molecule has 0 radical (unpaired) electrons. The number of carbonyl (C=O) groups is 1. The zero-order valence-electron chi connectivity index (χ0n) is 13.2. The average molecular weight is 345 g/mol. The van der Waals surface area contributed by atoms with Gasteiger partial charge in [0, 0.05) is 24.6 Å². The van der Waals surface area contributed by atoms with Gasteiger partial charge in [0.2, 0.25) is 0 Å². The van der Waals surface area contributed by atoms with Crippen molar-refractivity contribution in [2.75, 3.05) is 17.3 Å². The molecule has 0 aromatic heterocycles. The molecule has 0 fully saturated rings. The van der Waals surface area contributed by atoms with Crippen molar-refractivity contribution in [3.05, 3.63) is 71.9 Å². The number of para-hydroxylation sites is 1. The third-order valence-electron chi connectivity index (χ3n) is 3.30. The molecular formula is C18H14F3N3O. The molecular weight excluding hydrogens is 331 g/mol. The van der Waals surface area contributed by atoms with E-state index in [2.05, 4.69) is 5.32 Å². The Kier molecular flexibility index (Phi) is 5.45. The Morgan fingerprint density at radius 2 is 1.84 bits per heavy atom. The van der Waals surface area contributed by atoms with Crippen LogP contribution in [-0.4, -0.2) is 13.0 Å². The molecule has 0 atom stereocenters. The van der Waals surface area contributed by atoms with E-state index in [0.29, 0.717) is 0 Å². The lowest BCUT2D eigenvalue weighted by molar-refractivity contribution is -0.137. The first-order chi connectivity index (χ1) is 11.8. The first kappa shape index (κ1) is 18.1. The van der Waals surface area contributed by atoms with E-state index in [0.717, 1.165) is 17.8 Å². The predicted octanol–water partition coefficient (Wildman–Crippen LogP) is 4.19. The molecule has 1 N–H and O–H groups in total. The summed E-state index contributed by atoms with van der Waals surface area (Å²) in [5.41, 5.74) is -0.400. The second-order valence-electron chi connectivity index (χ2n) is 5.13. The second kappa shape index (κ2) is 7.53. The Labute approximate surface area is 142 Å². The van der Waals surface area contributed by atoms with Gasteiger partial charge in [0.15, 0.2) is 0 Å². The van der Waals surface area contributed by atoms with Gasteiger partial charge in [0.25, 0.3) is 5.91 Å². The van der Waals surface area contributed by atoms with Crippen molar-refractivity contribution in [1.82, 2.24) is 0 Å². The van der Waals surface area contributed by atoms with Crippen LogP contribution in [0.1, 0.15) is 5.56 Å². The Hall–Kier alpha value is -3.27. The van der Waals surface area contributed by atoms with Gasteiger partial charge in [0.05, 0.1) is 5.56 Å². The summed E-state index contributed by atoms with van der Waals surface area (Å²) >= 11 is 0. The number of halogens is 3. The summed E-state index contributed by atoms with van der Waals surface area (Å²) < 4.78 is 38.1. The van der Waals surface area contributed by atoms with E-state index in [-0.39, 0.29) is 11.3 Å². The summed E-state index contributed by atoms with van der Waals surface area (Å²) in [4.78, 5) is 13.7. The van der Waals surface area contributed by atoms with Crippen LogP contribution in [0.15, 0.2) is 66.4 Å². The van der Waals surface area contributed by atoms with Crippen molar-refractivity contribution in [1.29, 1.82) is 5.26 Å². The zero-order valence-corrected chi connectivity index (χ0v) is 13.2. The van der Waals surface area contributed by atoms with Crippen LogP contribution in [0.5, 0.6) is 0 Å². The van der Waals surface area contributed by atoms with Crippen LogP contribution in [-0.2, 0) is 11.0 Å². The number of anilines is 2. The highest BCUT2D eigenvalue weighted by Gasteiger charge is 2.30. The molecule has 0 bridgehead atoms. The number of hydrogen-bond acceptors (Lipinski definition) is 3. The van der Waals surface area contributed by atoms with Crippen molar-refractivity contribution in [3.63, 3.8) is 0 Å². The minimum absolute atomic E-state index is 0.0386. The molecule has 25 heavy (non-hydrogen) atoms. The molecule has 0 aliphatic carbocycles. The zero-order chi connectivity index (χ0) is 18.4. The van der Waals surface area contributed by atoms with Gasteiger partial charge in [-0.2, -0.15) is 18.4 Å². The highest BCUT2D eigenvalue weighted by Crippen LogP contribution is 2.30. The summed E-state index contributed by atoms with van der Waals surface area (Å²) in [6, 6.07) is 15.0. The molecule has 2 aromatic carbocycles. The van der Waals surface area contributed by atoms with Crippen LogP contribution in [0, 0.1) is 11.3 Å². The fourth-order valence-electron chi connectivity index (χ4n) is 2.04. The summed E-state index contributed by atoms with van der Waals surface area (Å²) in [6.07, 6.45) is -3.19. The number of amides is 1. The molecule has 1 amide bonds. The van der Waals surface area contributed by atoms with Crippen molar-refractivity contribution in [2.24, 2.45) is 0 Å². The van der Waals surface area contributed by atoms with Gasteiger partial charge in [-0.05, 0) is 30.3 Å². The molecule has 128 valence electrons. The summed E-state index contributed by atoms with van der Waals surface area (Å²) in [5.74, 6) is -0.787. The number of alkyl halides is 3. The van der Waals surface area contributed by atoms with Gasteiger partial charge in [0.1, 0.15) is 11.6 Å². The molecule has 7 heteroatoms. The Bertz CT molecular complexity index is 823. The van der Waals surface area contributed by atoms with Crippen LogP contribution in [0.2, 0.25) is 0 Å². The van der Waals surface area contributed by atoms with Crippen molar-refractivity contribution in [2.45, 2.75) is 6.18 Å². The van der Waals surface area contributed by atoms with Crippen molar-refractivity contribution >= 4 is 17.3 Å². The monoisotopic (exact) mass is 345 g/mol. The van der Waals surface area contributed by atoms with Crippen LogP contribution < -0.4 is 10.2 Å². The fraction of sp³-hybridized carbons (Fsp3) is 0.111. The van der Waals surface area contributed by atoms with Crippen molar-refractivity contribution in [3.8, 4) is 6.07 Å². The maximum atomic E-state index is 12.7. The van der Waals surface area contributed by atoms with Crippen LogP contribution in [0.4, 0.5) is 24.5 Å². The number of hydrogen-bond donors (Lipinski definition) is 1. The summed E-state index contributed by atoms with van der Waals surface area (Å²) in [5, 5.41) is 11.5. The molecule has 2 aromatic rings. The highest BCUT2D eigenvalue weighted by atomic mass is 19.4. The normalized spacial score (nSPS) is 11.6. The molecule has 2 rings (SSSR count). The van der Waals surface area contributed by atoms with E-state index in [1.807, 2.05) is 6.07 Å². The molecule has 0 unspecified atom stereocenters. The number of nitriles is 1. The van der Waals surface area contributed by atoms with Gasteiger partial charge < -0.3 is 10.2 Å². The van der Waals surface area contributed by atoms with E-state index in [1.54, 1.807) is 42.3 Å². The number of rotatable bonds is 4. The minimum atomic E-state index is -4.51. The van der Waals surface area contributed by atoms with Gasteiger partial charge in [-0.25, -0.2) is 0 Å². The summed E-state index contributed by atoms with van der Waals surface area (Å²) in [6.45, 7) is 0. The predicted molar refractivity (Wildman–Crippen MR) is 88.6 cm³/mol. The van der Waals surface area contributed by atoms with Gasteiger partial charge in [-0.3, -0.25) is 4.79 Å². The maximum absolute atomic E-state index is 12.7. The molecule has 0 aliphatic rings. The quantitative estimate of drug-likeness (QED) is 0.668. The number of nitrogens with one attached hydrogen (secondary N) is 1. The van der Waals surface area contributed by atoms with Gasteiger partial charge in [-0.1, -0.05) is 24.3 Å². The standard InChI is InChI=1S/C18H14F3N3O/c1-24(16-8-3-2-4-9-16)12-13(11-22)17(25)23-15-7-5-6-14(10-15)18(19,20)21/h2-10,12H,1H3,(H,23,25)/b13-12-. The Balaban J connectivity index is 2.18. The largest absolute Gasteiger partial charge is 0.416 e. The second-order valence-corrected chi connectivity index (χ2v) is 5.13. The molecule has 0 aliphatic heterocycles. The highest BCUT2D eigenvalue weighted by molar-refractivity contribution is 6.06. The molecule has 0 saturated carbocycles. The lowest BCUT2D eigenvalue weighted by Gasteiger charge is -2.15. The fourth-order valence-corrected chi connectivity index (χ4v) is 2.04. The molecule has 0 spiro atoms. The van der Waals surface area contributed by atoms with Crippen LogP contribution >= 0.6 is 0 Å². The van der Waals surface area contributed by atoms with E-state index >= 15 is 0 Å². The smallest absolute Gasteiger partial charge is 0.350 e. The van der Waals surface area contributed by atoms with Crippen LogP contribution in [0.3, 0.4) is 0 Å². The minimum Gasteiger partial charge on any atom is -0.350 e. The van der Waals surface area contributed by atoms with E-state index in [9.17, 15) is 18.0 Å². The van der Waals surface area contributed by atoms with Crippen LogP contribution in [0.25, 0.3) is 0 Å². The lowest BCUT2D eigenvalue weighted by Crippen LogP contribution is -2.18. The Morgan fingerprint density at radius 1 is 1.16 bits per heavy atom. The third-order valence-corrected chi connectivity index (χ3v) is 3.30. The van der Waals surface area contributed by atoms with Gasteiger partial charge >= 0.3 is 6.18 Å². The number of carbonyl (C=O) groups excluding carboxylic acids is 1. The number of nitrogens with zero attached hydrogens (tertiary/aromatic N) is 2. The first-order valence-electron chi connectivity index (χ1n) is 7.19. The molecule has 0 saturated heterocycles. The van der Waals surface area contributed by atoms with E-state index in [4.69, 9.17) is 5.26 Å². The van der Waals surface area contributed by atoms with Crippen molar-refractivity contribution < 1.29 is 18.0 Å². The topological polar surface area (TPSA) is 56.1 Å². The number of benzene rings is 2. The SMILES string of the molecule is CN(/C=C(/C#N)C(=O)Nc1cccc(C(F)(F)F)c1)c1ccccc1.